The van der Waals surface area contributed by atoms with Crippen LogP contribution in [0, 0.1) is 16.7 Å². The molecule has 0 aromatic heterocycles. The molecule has 3 aromatic rings. The van der Waals surface area contributed by atoms with Gasteiger partial charge in [-0.15, -0.1) is 0 Å². The number of carbonyl (C=O) groups is 2. The first-order valence-corrected chi connectivity index (χ1v) is 19.4. The van der Waals surface area contributed by atoms with Crippen molar-refractivity contribution in [3.8, 4) is 11.1 Å². The first-order valence-electron chi connectivity index (χ1n) is 19.4. The fourth-order valence-electron chi connectivity index (χ4n) is 9.18. The van der Waals surface area contributed by atoms with E-state index in [0.29, 0.717) is 36.4 Å². The van der Waals surface area contributed by atoms with Crippen molar-refractivity contribution < 1.29 is 24.2 Å². The van der Waals surface area contributed by atoms with Gasteiger partial charge in [-0.25, -0.2) is 0 Å². The third-order valence-corrected chi connectivity index (χ3v) is 11.4. The fraction of sp³-hybridized carbons (Fsp3) is 0.545. The summed E-state index contributed by atoms with van der Waals surface area (Å²) in [5.74, 6) is 0.175. The number of amides is 2. The molecule has 0 spiro atoms. The van der Waals surface area contributed by atoms with Crippen molar-refractivity contribution in [2.45, 2.75) is 117 Å². The van der Waals surface area contributed by atoms with Crippen LogP contribution in [-0.4, -0.2) is 53.6 Å². The molecule has 3 aliphatic rings. The van der Waals surface area contributed by atoms with Crippen molar-refractivity contribution in [3.05, 3.63) is 95.1 Å². The summed E-state index contributed by atoms with van der Waals surface area (Å²) in [6, 6.07) is 25.6. The Balaban J connectivity index is 1.12. The van der Waals surface area contributed by atoms with E-state index in [4.69, 9.17) is 9.47 Å². The number of nitrogens with one attached hydrogen (secondary N) is 2. The molecule has 2 aliphatic heterocycles. The Morgan fingerprint density at radius 1 is 0.865 bits per heavy atom. The highest BCUT2D eigenvalue weighted by Gasteiger charge is 2.51. The zero-order valence-corrected chi connectivity index (χ0v) is 31.8. The number of rotatable bonds is 14. The molecule has 2 unspecified atom stereocenters. The first kappa shape index (κ1) is 38.2. The number of nitrogens with zero attached hydrogens (tertiary/aromatic N) is 1. The predicted molar refractivity (Wildman–Crippen MR) is 205 cm³/mol. The van der Waals surface area contributed by atoms with Gasteiger partial charge < -0.3 is 25.2 Å². The van der Waals surface area contributed by atoms with Gasteiger partial charge >= 0.3 is 0 Å². The Morgan fingerprint density at radius 3 is 2.35 bits per heavy atom. The van der Waals surface area contributed by atoms with Gasteiger partial charge in [-0.05, 0) is 76.8 Å². The number of hydrogen-bond donors (Lipinski definition) is 3. The lowest BCUT2D eigenvalue weighted by Gasteiger charge is -2.43. The maximum absolute atomic E-state index is 12.5. The normalized spacial score (nSPS) is 26.9. The number of unbranched alkanes of at least 4 members (excludes halogenated alkanes) is 2. The van der Waals surface area contributed by atoms with Crippen LogP contribution in [0.4, 0.5) is 0 Å². The van der Waals surface area contributed by atoms with Crippen LogP contribution in [-0.2, 0) is 32.2 Å². The number of benzene rings is 3. The molecular formula is C44H59N3O5. The van der Waals surface area contributed by atoms with Gasteiger partial charge in [-0.3, -0.25) is 14.5 Å². The molecule has 2 heterocycles. The van der Waals surface area contributed by atoms with Gasteiger partial charge in [0.2, 0.25) is 11.8 Å². The van der Waals surface area contributed by atoms with Crippen molar-refractivity contribution in [2.75, 3.05) is 19.6 Å². The van der Waals surface area contributed by atoms with Crippen molar-refractivity contribution in [1.82, 2.24) is 15.5 Å². The molecule has 3 fully saturated rings. The van der Waals surface area contributed by atoms with E-state index in [9.17, 15) is 14.7 Å². The fourth-order valence-corrected chi connectivity index (χ4v) is 9.18. The second kappa shape index (κ2) is 16.6. The summed E-state index contributed by atoms with van der Waals surface area (Å²) < 4.78 is 13.7. The quantitative estimate of drug-likeness (QED) is 0.148. The van der Waals surface area contributed by atoms with Crippen LogP contribution in [0.1, 0.15) is 114 Å². The zero-order chi connectivity index (χ0) is 36.9. The minimum absolute atomic E-state index is 0.00244. The number of aliphatic hydroxyl groups excluding tert-OH is 1. The number of likely N-dealkylation sites (tertiary alicyclic amines) is 1. The Hall–Kier alpha value is -3.56. The highest BCUT2D eigenvalue weighted by molar-refractivity contribution is 5.76. The molecule has 3 N–H and O–H groups in total. The van der Waals surface area contributed by atoms with E-state index in [1.54, 1.807) is 0 Å². The third-order valence-electron chi connectivity index (χ3n) is 11.4. The molecule has 280 valence electrons. The molecular weight excluding hydrogens is 651 g/mol. The lowest BCUT2D eigenvalue weighted by molar-refractivity contribution is -0.276. The zero-order valence-electron chi connectivity index (χ0n) is 31.8. The van der Waals surface area contributed by atoms with E-state index < -0.39 is 6.29 Å². The van der Waals surface area contributed by atoms with Crippen molar-refractivity contribution in [1.29, 1.82) is 0 Å². The van der Waals surface area contributed by atoms with Crippen molar-refractivity contribution in [2.24, 2.45) is 16.7 Å². The summed E-state index contributed by atoms with van der Waals surface area (Å²) in [7, 11) is 0. The Morgan fingerprint density at radius 2 is 1.62 bits per heavy atom. The second-order valence-corrected chi connectivity index (χ2v) is 16.9. The highest BCUT2D eigenvalue weighted by Crippen LogP contribution is 2.53. The SMILES string of the molecule is CC(=O)NCCCCCC(=O)NCc1cccc(-c2ccc([C@@H]3O[C@H](CN4CC5(C)CC4CC(C)(C)C5)[C@H](C)[C@H](c4ccc(CO)cc4)O3)cc2)c1. The standard InChI is InChI=1S/C44H59N3O5/c1-30-39(26-47-29-44(5)24-38(47)23-43(3,4)28-44)51-42(52-41(30)35-15-13-32(27-48)14-16-35)36-19-17-34(18-20-36)37-11-9-10-33(22-37)25-46-40(50)12-7-6-8-21-45-31(2)49/h9-11,13-20,22,30,38-39,41-42,48H,6-8,12,21,23-29H2,1-5H3,(H,45,49)(H,46,50)/t30-,38?,39+,41+,42+,44?/m0/s1. The molecule has 1 aliphatic carbocycles. The summed E-state index contributed by atoms with van der Waals surface area (Å²) in [6.45, 7) is 14.3. The average molecular weight is 710 g/mol. The third kappa shape index (κ3) is 9.70. The van der Waals surface area contributed by atoms with Gasteiger partial charge in [0.05, 0.1) is 18.8 Å². The van der Waals surface area contributed by atoms with E-state index in [2.05, 4.69) is 91.8 Å². The smallest absolute Gasteiger partial charge is 0.220 e. The number of carbonyl (C=O) groups excluding carboxylic acids is 2. The average Bonchev–Trinajstić information content (AvgIpc) is 3.36. The molecule has 0 radical (unpaired) electrons. The van der Waals surface area contributed by atoms with Crippen molar-refractivity contribution in [3.63, 3.8) is 0 Å². The monoisotopic (exact) mass is 709 g/mol. The number of hydrogen-bond acceptors (Lipinski definition) is 6. The lowest BCUT2D eigenvalue weighted by Crippen LogP contribution is -2.46. The maximum Gasteiger partial charge on any atom is 0.220 e. The van der Waals surface area contributed by atoms with Crippen molar-refractivity contribution >= 4 is 11.8 Å². The molecule has 2 bridgehead atoms. The minimum Gasteiger partial charge on any atom is -0.392 e. The molecule has 8 nitrogen and oxygen atoms in total. The van der Waals surface area contributed by atoms with E-state index >= 15 is 0 Å². The van der Waals surface area contributed by atoms with Crippen LogP contribution in [0.2, 0.25) is 0 Å². The predicted octanol–water partition coefficient (Wildman–Crippen LogP) is 7.85. The molecule has 3 aromatic carbocycles. The number of fused-ring (bicyclic) bond motifs is 2. The minimum atomic E-state index is -0.501. The molecule has 52 heavy (non-hydrogen) atoms. The van der Waals surface area contributed by atoms with Gasteiger partial charge in [-0.1, -0.05) is 101 Å². The highest BCUT2D eigenvalue weighted by atomic mass is 16.7. The molecule has 6 rings (SSSR count). The molecule has 6 atom stereocenters. The topological polar surface area (TPSA) is 100 Å². The van der Waals surface area contributed by atoms with Gasteiger partial charge in [-0.2, -0.15) is 0 Å². The number of aliphatic hydroxyl groups is 1. The van der Waals surface area contributed by atoms with Crippen LogP contribution in [0.15, 0.2) is 72.8 Å². The van der Waals surface area contributed by atoms with E-state index in [1.165, 1.54) is 26.2 Å². The first-order chi connectivity index (χ1) is 24.9. The molecule has 2 saturated heterocycles. The lowest BCUT2D eigenvalue weighted by atomic mass is 9.65. The largest absolute Gasteiger partial charge is 0.392 e. The van der Waals surface area contributed by atoms with Gasteiger partial charge in [0.15, 0.2) is 6.29 Å². The maximum atomic E-state index is 12.5. The summed E-state index contributed by atoms with van der Waals surface area (Å²) in [6.07, 6.45) is 6.20. The van der Waals surface area contributed by atoms with Gasteiger partial charge in [0.25, 0.3) is 0 Å². The van der Waals surface area contributed by atoms with Gasteiger partial charge in [0, 0.05) is 57.0 Å². The van der Waals surface area contributed by atoms with Crippen LogP contribution in [0.25, 0.3) is 11.1 Å². The summed E-state index contributed by atoms with van der Waals surface area (Å²) >= 11 is 0. The van der Waals surface area contributed by atoms with E-state index in [1.807, 2.05) is 24.3 Å². The van der Waals surface area contributed by atoms with Crippen LogP contribution < -0.4 is 10.6 Å². The summed E-state index contributed by atoms with van der Waals surface area (Å²) in [5, 5.41) is 15.5. The summed E-state index contributed by atoms with van der Waals surface area (Å²) in [5.41, 5.74) is 6.94. The Bertz CT molecular complexity index is 1660. The van der Waals surface area contributed by atoms with E-state index in [-0.39, 0.29) is 36.5 Å². The van der Waals surface area contributed by atoms with Crippen LogP contribution >= 0.6 is 0 Å². The van der Waals surface area contributed by atoms with Crippen LogP contribution in [0.3, 0.4) is 0 Å². The molecule has 8 heteroatoms. The molecule has 2 amide bonds. The van der Waals surface area contributed by atoms with Gasteiger partial charge in [0.1, 0.15) is 0 Å². The molecule has 1 saturated carbocycles. The van der Waals surface area contributed by atoms with E-state index in [0.717, 1.165) is 65.7 Å². The Labute approximate surface area is 310 Å². The Kier molecular flexibility index (Phi) is 12.2. The summed E-state index contributed by atoms with van der Waals surface area (Å²) in [4.78, 5) is 26.2. The second-order valence-electron chi connectivity index (χ2n) is 16.9. The van der Waals surface area contributed by atoms with Crippen LogP contribution in [0.5, 0.6) is 0 Å². The number of ether oxygens (including phenoxy) is 2.